The summed E-state index contributed by atoms with van der Waals surface area (Å²) >= 11 is 0. The highest BCUT2D eigenvalue weighted by atomic mass is 19.4. The molecule has 1 atom stereocenters. The van der Waals surface area contributed by atoms with Crippen molar-refractivity contribution in [1.82, 2.24) is 10.2 Å². The van der Waals surface area contributed by atoms with Crippen LogP contribution in [0, 0.1) is 5.92 Å². The molecule has 0 aromatic carbocycles. The molecule has 0 aliphatic rings. The number of nitrogens with one attached hydrogen (secondary N) is 1. The molecule has 0 fully saturated rings. The fourth-order valence-corrected chi connectivity index (χ4v) is 1.31. The van der Waals surface area contributed by atoms with E-state index in [0.29, 0.717) is 0 Å². The molecule has 0 rings (SSSR count). The van der Waals surface area contributed by atoms with Crippen LogP contribution in [0.1, 0.15) is 13.8 Å². The van der Waals surface area contributed by atoms with E-state index in [4.69, 9.17) is 10.8 Å². The third kappa shape index (κ3) is 8.12. The van der Waals surface area contributed by atoms with Crippen molar-refractivity contribution in [2.24, 2.45) is 11.7 Å². The van der Waals surface area contributed by atoms with E-state index in [1.165, 1.54) is 0 Å². The second-order valence-electron chi connectivity index (χ2n) is 4.75. The molecular weight excluding hydrogens is 295 g/mol. The zero-order valence-corrected chi connectivity index (χ0v) is 11.6. The fourth-order valence-electron chi connectivity index (χ4n) is 1.31. The van der Waals surface area contributed by atoms with Crippen molar-refractivity contribution >= 4 is 17.8 Å². The van der Waals surface area contributed by atoms with Gasteiger partial charge in [0, 0.05) is 0 Å². The maximum atomic E-state index is 12.3. The Morgan fingerprint density at radius 2 is 1.81 bits per heavy atom. The summed E-state index contributed by atoms with van der Waals surface area (Å²) in [7, 11) is 0. The number of nitrogens with two attached hydrogens (primary N) is 1. The Balaban J connectivity index is 4.61. The van der Waals surface area contributed by atoms with Gasteiger partial charge in [-0.3, -0.25) is 14.4 Å². The Morgan fingerprint density at radius 3 is 2.19 bits per heavy atom. The zero-order chi connectivity index (χ0) is 16.8. The van der Waals surface area contributed by atoms with Crippen LogP contribution in [-0.4, -0.2) is 59.6 Å². The number of aliphatic carboxylic acids is 1. The van der Waals surface area contributed by atoms with Gasteiger partial charge in [-0.25, -0.2) is 0 Å². The molecule has 10 heteroatoms. The molecule has 7 nitrogen and oxygen atoms in total. The lowest BCUT2D eigenvalue weighted by Crippen LogP contribution is -2.50. The maximum absolute atomic E-state index is 12.3. The first kappa shape index (κ1) is 19.2. The summed E-state index contributed by atoms with van der Waals surface area (Å²) in [6, 6.07) is -0.909. The highest BCUT2D eigenvalue weighted by Crippen LogP contribution is 2.16. The van der Waals surface area contributed by atoms with Crippen molar-refractivity contribution in [2.45, 2.75) is 26.1 Å². The number of hydrogen-bond donors (Lipinski definition) is 3. The Labute approximate surface area is 119 Å². The van der Waals surface area contributed by atoms with Crippen LogP contribution in [0.4, 0.5) is 13.2 Å². The first-order chi connectivity index (χ1) is 9.44. The van der Waals surface area contributed by atoms with Crippen molar-refractivity contribution in [3.63, 3.8) is 0 Å². The molecule has 0 aliphatic heterocycles. The van der Waals surface area contributed by atoms with E-state index in [0.717, 1.165) is 0 Å². The standard InChI is InChI=1S/C11H18F3N3O4/c1-6(2)9(15)10(21)16-3-7(18)17(4-8(19)20)5-11(12,13)14/h6,9H,3-5,15H2,1-2H3,(H,16,21)(H,19,20)/t9-/m0/s1. The van der Waals surface area contributed by atoms with Crippen molar-refractivity contribution in [2.75, 3.05) is 19.6 Å². The molecule has 0 aromatic heterocycles. The van der Waals surface area contributed by atoms with Crippen LogP contribution in [0.15, 0.2) is 0 Å². The average molecular weight is 313 g/mol. The van der Waals surface area contributed by atoms with Crippen molar-refractivity contribution in [3.8, 4) is 0 Å². The van der Waals surface area contributed by atoms with Gasteiger partial charge in [0.05, 0.1) is 12.6 Å². The van der Waals surface area contributed by atoms with Crippen LogP contribution in [0.25, 0.3) is 0 Å². The minimum Gasteiger partial charge on any atom is -0.480 e. The Morgan fingerprint density at radius 1 is 1.29 bits per heavy atom. The van der Waals surface area contributed by atoms with Crippen molar-refractivity contribution < 1.29 is 32.7 Å². The molecule has 0 aliphatic carbocycles. The average Bonchev–Trinajstić information content (AvgIpc) is 2.31. The Bertz CT molecular complexity index is 399. The second-order valence-corrected chi connectivity index (χ2v) is 4.75. The lowest BCUT2D eigenvalue weighted by Gasteiger charge is -2.23. The van der Waals surface area contributed by atoms with Gasteiger partial charge in [-0.2, -0.15) is 13.2 Å². The largest absolute Gasteiger partial charge is 0.480 e. The van der Waals surface area contributed by atoms with Crippen molar-refractivity contribution in [3.05, 3.63) is 0 Å². The first-order valence-corrected chi connectivity index (χ1v) is 6.03. The van der Waals surface area contributed by atoms with Gasteiger partial charge in [0.25, 0.3) is 0 Å². The van der Waals surface area contributed by atoms with Gasteiger partial charge < -0.3 is 21.1 Å². The number of nitrogens with zero attached hydrogens (tertiary/aromatic N) is 1. The van der Waals surface area contributed by atoms with E-state index in [9.17, 15) is 27.6 Å². The maximum Gasteiger partial charge on any atom is 0.406 e. The third-order valence-electron chi connectivity index (χ3n) is 2.48. The van der Waals surface area contributed by atoms with Gasteiger partial charge in [0.1, 0.15) is 13.1 Å². The van der Waals surface area contributed by atoms with Gasteiger partial charge in [-0.1, -0.05) is 13.8 Å². The minimum absolute atomic E-state index is 0.101. The summed E-state index contributed by atoms with van der Waals surface area (Å²) in [5.74, 6) is -3.65. The van der Waals surface area contributed by atoms with Gasteiger partial charge in [-0.05, 0) is 5.92 Å². The number of hydrogen-bond acceptors (Lipinski definition) is 4. The predicted molar refractivity (Wildman–Crippen MR) is 66.1 cm³/mol. The second kappa shape index (κ2) is 7.81. The van der Waals surface area contributed by atoms with Gasteiger partial charge in [0.15, 0.2) is 0 Å². The molecular formula is C11H18F3N3O4. The molecule has 0 bridgehead atoms. The number of halogens is 3. The lowest BCUT2D eigenvalue weighted by molar-refractivity contribution is -0.165. The van der Waals surface area contributed by atoms with E-state index in [-0.39, 0.29) is 10.8 Å². The molecule has 21 heavy (non-hydrogen) atoms. The van der Waals surface area contributed by atoms with Gasteiger partial charge in [0.2, 0.25) is 11.8 Å². The molecule has 0 unspecified atom stereocenters. The summed E-state index contributed by atoms with van der Waals surface area (Å²) in [6.45, 7) is -0.240. The number of carboxylic acid groups (broad SMARTS) is 1. The summed E-state index contributed by atoms with van der Waals surface area (Å²) in [4.78, 5) is 33.6. The molecule has 122 valence electrons. The number of alkyl halides is 3. The number of carbonyl (C=O) groups is 3. The van der Waals surface area contributed by atoms with E-state index in [1.54, 1.807) is 13.8 Å². The monoisotopic (exact) mass is 313 g/mol. The summed E-state index contributed by atoms with van der Waals surface area (Å²) in [5.41, 5.74) is 5.49. The molecule has 0 saturated carbocycles. The van der Waals surface area contributed by atoms with E-state index in [2.05, 4.69) is 5.32 Å². The predicted octanol–water partition coefficient (Wildman–Crippen LogP) is -0.439. The van der Waals surface area contributed by atoms with Crippen LogP contribution in [0.5, 0.6) is 0 Å². The zero-order valence-electron chi connectivity index (χ0n) is 11.6. The Hall–Kier alpha value is -1.84. The van der Waals surface area contributed by atoms with Crippen LogP contribution >= 0.6 is 0 Å². The Kier molecular flexibility index (Phi) is 7.13. The molecule has 0 spiro atoms. The minimum atomic E-state index is -4.73. The summed E-state index contributed by atoms with van der Waals surface area (Å²) < 4.78 is 36.8. The topological polar surface area (TPSA) is 113 Å². The third-order valence-corrected chi connectivity index (χ3v) is 2.48. The smallest absolute Gasteiger partial charge is 0.406 e. The highest BCUT2D eigenvalue weighted by molar-refractivity contribution is 5.88. The quantitative estimate of drug-likeness (QED) is 0.590. The van der Waals surface area contributed by atoms with E-state index < -0.39 is 49.6 Å². The molecule has 0 saturated heterocycles. The highest BCUT2D eigenvalue weighted by Gasteiger charge is 2.34. The number of amides is 2. The van der Waals surface area contributed by atoms with Gasteiger partial charge in [-0.15, -0.1) is 0 Å². The number of rotatable bonds is 7. The summed E-state index contributed by atoms with van der Waals surface area (Å²) in [6.07, 6.45) is -4.73. The molecule has 0 aromatic rings. The van der Waals surface area contributed by atoms with Crippen LogP contribution in [0.2, 0.25) is 0 Å². The van der Waals surface area contributed by atoms with Crippen LogP contribution in [-0.2, 0) is 14.4 Å². The van der Waals surface area contributed by atoms with E-state index >= 15 is 0 Å². The first-order valence-electron chi connectivity index (χ1n) is 6.03. The fraction of sp³-hybridized carbons (Fsp3) is 0.727. The normalized spacial score (nSPS) is 12.9. The molecule has 2 amide bonds. The molecule has 0 radical (unpaired) electrons. The summed E-state index contributed by atoms with van der Waals surface area (Å²) in [5, 5.41) is 10.6. The van der Waals surface area contributed by atoms with Crippen LogP contribution in [0.3, 0.4) is 0 Å². The van der Waals surface area contributed by atoms with Crippen LogP contribution < -0.4 is 11.1 Å². The lowest BCUT2D eigenvalue weighted by atomic mass is 10.1. The van der Waals surface area contributed by atoms with Crippen molar-refractivity contribution in [1.29, 1.82) is 0 Å². The van der Waals surface area contributed by atoms with E-state index in [1.807, 2.05) is 0 Å². The molecule has 4 N–H and O–H groups in total. The SMILES string of the molecule is CC(C)[C@H](N)C(=O)NCC(=O)N(CC(=O)O)CC(F)(F)F. The number of carbonyl (C=O) groups excluding carboxylic acids is 2. The van der Waals surface area contributed by atoms with Gasteiger partial charge >= 0.3 is 12.1 Å². The molecule has 0 heterocycles. The number of carboxylic acids is 1.